The summed E-state index contributed by atoms with van der Waals surface area (Å²) in [7, 11) is 0. The summed E-state index contributed by atoms with van der Waals surface area (Å²) in [5.41, 5.74) is 0.204. The summed E-state index contributed by atoms with van der Waals surface area (Å²) in [5, 5.41) is 19.6. The van der Waals surface area contributed by atoms with Crippen molar-refractivity contribution in [3.63, 3.8) is 0 Å². The fourth-order valence-corrected chi connectivity index (χ4v) is 4.63. The van der Waals surface area contributed by atoms with Crippen molar-refractivity contribution in [3.05, 3.63) is 77.5 Å². The zero-order valence-electron chi connectivity index (χ0n) is 19.5. The van der Waals surface area contributed by atoms with Gasteiger partial charge in [-0.05, 0) is 61.7 Å². The maximum atomic E-state index is 13.1. The van der Waals surface area contributed by atoms with Gasteiger partial charge in [0.25, 0.3) is 0 Å². The van der Waals surface area contributed by atoms with Gasteiger partial charge >= 0.3 is 12.1 Å². The molecule has 4 rings (SSSR count). The molecule has 1 aromatic heterocycles. The SMILES string of the molecule is CCOc1ccccc1-c1ccc(C2(C(=O)O)CCN(c3ccc(C(F)(F)F)cc3C#N)CC2)cn1. The Morgan fingerprint density at radius 1 is 1.17 bits per heavy atom. The van der Waals surface area contributed by atoms with E-state index in [1.807, 2.05) is 37.3 Å². The zero-order chi connectivity index (χ0) is 25.9. The molecule has 0 unspecified atom stereocenters. The van der Waals surface area contributed by atoms with Gasteiger partial charge in [-0.1, -0.05) is 18.2 Å². The van der Waals surface area contributed by atoms with Crippen molar-refractivity contribution in [1.29, 1.82) is 5.26 Å². The third-order valence-corrected chi connectivity index (χ3v) is 6.59. The van der Waals surface area contributed by atoms with Crippen LogP contribution in [0.4, 0.5) is 18.9 Å². The molecule has 36 heavy (non-hydrogen) atoms. The molecule has 0 bridgehead atoms. The van der Waals surface area contributed by atoms with Crippen LogP contribution in [0.3, 0.4) is 0 Å². The van der Waals surface area contributed by atoms with E-state index in [4.69, 9.17) is 4.74 Å². The Balaban J connectivity index is 1.58. The minimum absolute atomic E-state index is 0.0911. The van der Waals surface area contributed by atoms with E-state index < -0.39 is 23.1 Å². The number of nitriles is 1. The van der Waals surface area contributed by atoms with Gasteiger partial charge in [0.05, 0.1) is 34.5 Å². The van der Waals surface area contributed by atoms with Gasteiger partial charge < -0.3 is 14.7 Å². The molecular weight excluding hydrogens is 471 g/mol. The van der Waals surface area contributed by atoms with Gasteiger partial charge in [0.1, 0.15) is 11.8 Å². The number of anilines is 1. The summed E-state index contributed by atoms with van der Waals surface area (Å²) in [6.45, 7) is 2.92. The Morgan fingerprint density at radius 2 is 1.89 bits per heavy atom. The molecule has 186 valence electrons. The molecule has 0 saturated carbocycles. The first-order chi connectivity index (χ1) is 17.2. The lowest BCUT2D eigenvalue weighted by atomic mass is 9.73. The number of hydrogen-bond acceptors (Lipinski definition) is 5. The van der Waals surface area contributed by atoms with Gasteiger partial charge in [-0.15, -0.1) is 0 Å². The van der Waals surface area contributed by atoms with E-state index in [1.165, 1.54) is 6.07 Å². The maximum absolute atomic E-state index is 13.1. The Labute approximate surface area is 206 Å². The minimum Gasteiger partial charge on any atom is -0.493 e. The highest BCUT2D eigenvalue weighted by atomic mass is 19.4. The first kappa shape index (κ1) is 25.0. The lowest BCUT2D eigenvalue weighted by Gasteiger charge is -2.40. The van der Waals surface area contributed by atoms with E-state index in [1.54, 1.807) is 23.2 Å². The molecule has 0 aliphatic carbocycles. The lowest BCUT2D eigenvalue weighted by Crippen LogP contribution is -2.47. The highest BCUT2D eigenvalue weighted by Crippen LogP contribution is 2.40. The summed E-state index contributed by atoms with van der Waals surface area (Å²) < 4.78 is 44.8. The Hall–Kier alpha value is -4.06. The summed E-state index contributed by atoms with van der Waals surface area (Å²) in [4.78, 5) is 18.7. The van der Waals surface area contributed by atoms with Crippen LogP contribution in [0, 0.1) is 11.3 Å². The van der Waals surface area contributed by atoms with Crippen LogP contribution in [0.1, 0.15) is 36.5 Å². The number of pyridine rings is 1. The number of carboxylic acid groups (broad SMARTS) is 1. The van der Waals surface area contributed by atoms with Crippen molar-refractivity contribution in [2.45, 2.75) is 31.4 Å². The summed E-state index contributed by atoms with van der Waals surface area (Å²) >= 11 is 0. The van der Waals surface area contributed by atoms with Crippen molar-refractivity contribution in [2.24, 2.45) is 0 Å². The molecule has 0 amide bonds. The number of alkyl halides is 3. The van der Waals surface area contributed by atoms with Gasteiger partial charge in [-0.3, -0.25) is 9.78 Å². The van der Waals surface area contributed by atoms with Crippen LogP contribution in [0.25, 0.3) is 11.3 Å². The number of nitrogens with zero attached hydrogens (tertiary/aromatic N) is 3. The predicted molar refractivity (Wildman–Crippen MR) is 128 cm³/mol. The Morgan fingerprint density at radius 3 is 2.47 bits per heavy atom. The van der Waals surface area contributed by atoms with E-state index in [-0.39, 0.29) is 31.5 Å². The summed E-state index contributed by atoms with van der Waals surface area (Å²) in [6, 6.07) is 15.9. The number of aromatic nitrogens is 1. The molecular formula is C27H24F3N3O3. The van der Waals surface area contributed by atoms with Crippen LogP contribution in [-0.4, -0.2) is 35.8 Å². The fourth-order valence-electron chi connectivity index (χ4n) is 4.63. The molecule has 1 saturated heterocycles. The Kier molecular flexibility index (Phi) is 6.88. The number of aliphatic carboxylic acids is 1. The number of carbonyl (C=O) groups is 1. The van der Waals surface area contributed by atoms with Crippen LogP contribution in [-0.2, 0) is 16.4 Å². The molecule has 1 aliphatic heterocycles. The smallest absolute Gasteiger partial charge is 0.416 e. The highest BCUT2D eigenvalue weighted by molar-refractivity contribution is 5.82. The van der Waals surface area contributed by atoms with E-state index >= 15 is 0 Å². The molecule has 2 aromatic carbocycles. The van der Waals surface area contributed by atoms with Crippen molar-refractivity contribution in [1.82, 2.24) is 4.98 Å². The standard InChI is InChI=1S/C27H24F3N3O3/c1-2-36-24-6-4-3-5-21(24)22-9-7-20(17-32-22)26(25(34)35)11-13-33(14-12-26)23-10-8-19(27(28,29)30)15-18(23)16-31/h3-10,15,17H,2,11-14H2,1H3,(H,34,35). The first-order valence-corrected chi connectivity index (χ1v) is 11.5. The topological polar surface area (TPSA) is 86.5 Å². The number of halogens is 3. The number of benzene rings is 2. The first-order valence-electron chi connectivity index (χ1n) is 11.5. The van der Waals surface area contributed by atoms with Crippen LogP contribution in [0.5, 0.6) is 5.75 Å². The summed E-state index contributed by atoms with van der Waals surface area (Å²) in [5.74, 6) is -0.300. The van der Waals surface area contributed by atoms with E-state index in [9.17, 15) is 28.3 Å². The predicted octanol–water partition coefficient (Wildman–Crippen LogP) is 5.66. The average Bonchev–Trinajstić information content (AvgIpc) is 2.88. The van der Waals surface area contributed by atoms with Gasteiger partial charge in [-0.2, -0.15) is 18.4 Å². The fraction of sp³-hybridized carbons (Fsp3) is 0.296. The van der Waals surface area contributed by atoms with Crippen molar-refractivity contribution >= 4 is 11.7 Å². The second-order valence-electron chi connectivity index (χ2n) is 8.58. The van der Waals surface area contributed by atoms with Crippen LogP contribution in [0.2, 0.25) is 0 Å². The monoisotopic (exact) mass is 495 g/mol. The number of hydrogen-bond donors (Lipinski definition) is 1. The van der Waals surface area contributed by atoms with Crippen molar-refractivity contribution in [2.75, 3.05) is 24.6 Å². The normalized spacial score (nSPS) is 15.2. The second kappa shape index (κ2) is 9.90. The van der Waals surface area contributed by atoms with Crippen molar-refractivity contribution < 1.29 is 27.8 Å². The molecule has 2 heterocycles. The van der Waals surface area contributed by atoms with Gasteiger partial charge in [0.15, 0.2) is 0 Å². The van der Waals surface area contributed by atoms with E-state index in [0.29, 0.717) is 29.3 Å². The second-order valence-corrected chi connectivity index (χ2v) is 8.58. The minimum atomic E-state index is -4.55. The Bertz CT molecular complexity index is 1290. The number of piperidine rings is 1. The average molecular weight is 496 g/mol. The maximum Gasteiger partial charge on any atom is 0.416 e. The molecule has 0 atom stereocenters. The van der Waals surface area contributed by atoms with Gasteiger partial charge in [0.2, 0.25) is 0 Å². The molecule has 0 radical (unpaired) electrons. The molecule has 1 fully saturated rings. The quantitative estimate of drug-likeness (QED) is 0.475. The lowest BCUT2D eigenvalue weighted by molar-refractivity contribution is -0.145. The van der Waals surface area contributed by atoms with E-state index in [0.717, 1.165) is 17.7 Å². The third-order valence-electron chi connectivity index (χ3n) is 6.59. The number of ether oxygens (including phenoxy) is 1. The van der Waals surface area contributed by atoms with Crippen LogP contribution in [0.15, 0.2) is 60.8 Å². The number of carboxylic acids is 1. The van der Waals surface area contributed by atoms with Crippen molar-refractivity contribution in [3.8, 4) is 23.1 Å². The molecule has 6 nitrogen and oxygen atoms in total. The molecule has 3 aromatic rings. The third kappa shape index (κ3) is 4.71. The number of rotatable bonds is 6. The van der Waals surface area contributed by atoms with Crippen LogP contribution >= 0.6 is 0 Å². The molecule has 1 N–H and O–H groups in total. The zero-order valence-corrected chi connectivity index (χ0v) is 19.5. The van der Waals surface area contributed by atoms with Crippen LogP contribution < -0.4 is 9.64 Å². The van der Waals surface area contributed by atoms with Gasteiger partial charge in [0, 0.05) is 24.8 Å². The largest absolute Gasteiger partial charge is 0.493 e. The highest BCUT2D eigenvalue weighted by Gasteiger charge is 2.44. The molecule has 9 heteroatoms. The molecule has 0 spiro atoms. The summed E-state index contributed by atoms with van der Waals surface area (Å²) in [6.07, 6.45) is -2.55. The van der Waals surface area contributed by atoms with Gasteiger partial charge in [-0.25, -0.2) is 0 Å². The number of para-hydroxylation sites is 1. The van der Waals surface area contributed by atoms with E-state index in [2.05, 4.69) is 4.98 Å². The molecule has 1 aliphatic rings.